The van der Waals surface area contributed by atoms with Gasteiger partial charge in [-0.3, -0.25) is 9.97 Å². The number of halogens is 2. The van der Waals surface area contributed by atoms with Gasteiger partial charge in [0.1, 0.15) is 11.6 Å². The number of fused-ring (bicyclic) bond motifs is 1. The van der Waals surface area contributed by atoms with Crippen LogP contribution in [0.2, 0.25) is 5.02 Å². The van der Waals surface area contributed by atoms with Gasteiger partial charge in [-0.05, 0) is 49.7 Å². The van der Waals surface area contributed by atoms with Gasteiger partial charge >= 0.3 is 0 Å². The lowest BCUT2D eigenvalue weighted by Crippen LogP contribution is -2.00. The minimum Gasteiger partial charge on any atom is -0.324 e. The highest BCUT2D eigenvalue weighted by Gasteiger charge is 2.15. The fraction of sp³-hybridized carbons (Fsp3) is 0.190. The molecule has 0 spiro atoms. The number of benzene rings is 1. The van der Waals surface area contributed by atoms with Crippen LogP contribution in [0.5, 0.6) is 0 Å². The van der Waals surface area contributed by atoms with Crippen LogP contribution in [0.4, 0.5) is 4.39 Å². The lowest BCUT2D eigenvalue weighted by molar-refractivity contribution is 0.627. The van der Waals surface area contributed by atoms with E-state index in [0.717, 1.165) is 46.6 Å². The molecule has 0 unspecified atom stereocenters. The summed E-state index contributed by atoms with van der Waals surface area (Å²) >= 11 is 6.52. The van der Waals surface area contributed by atoms with Gasteiger partial charge in [-0.15, -0.1) is 0 Å². The zero-order valence-electron chi connectivity index (χ0n) is 15.1. The van der Waals surface area contributed by atoms with Crippen molar-refractivity contribution in [2.75, 3.05) is 0 Å². The molecule has 0 saturated carbocycles. The summed E-state index contributed by atoms with van der Waals surface area (Å²) in [6.45, 7) is 4.74. The summed E-state index contributed by atoms with van der Waals surface area (Å²) in [4.78, 5) is 13.5. The molecule has 0 atom stereocenters. The maximum absolute atomic E-state index is 13.7. The van der Waals surface area contributed by atoms with Crippen LogP contribution in [0.3, 0.4) is 0 Å². The molecule has 6 heteroatoms. The van der Waals surface area contributed by atoms with Crippen LogP contribution in [0.25, 0.3) is 33.7 Å². The highest BCUT2D eigenvalue weighted by atomic mass is 35.5. The predicted octanol–water partition coefficient (Wildman–Crippen LogP) is 5.67. The van der Waals surface area contributed by atoms with Crippen molar-refractivity contribution in [2.24, 2.45) is 0 Å². The lowest BCUT2D eigenvalue weighted by atomic mass is 10.1. The molecule has 0 bridgehead atoms. The Labute approximate surface area is 161 Å². The van der Waals surface area contributed by atoms with Crippen molar-refractivity contribution in [2.45, 2.75) is 26.8 Å². The van der Waals surface area contributed by atoms with Crippen molar-refractivity contribution >= 4 is 22.6 Å². The number of pyridine rings is 2. The summed E-state index contributed by atoms with van der Waals surface area (Å²) in [5, 5.41) is 0.527. The van der Waals surface area contributed by atoms with E-state index in [1.54, 1.807) is 18.5 Å². The summed E-state index contributed by atoms with van der Waals surface area (Å²) < 4.78 is 15.7. The quantitative estimate of drug-likeness (QED) is 0.458. The average molecular weight is 381 g/mol. The number of rotatable bonds is 4. The monoisotopic (exact) mass is 380 g/mol. The number of hydrogen-bond acceptors (Lipinski definition) is 3. The molecule has 0 aliphatic carbocycles. The van der Waals surface area contributed by atoms with Crippen molar-refractivity contribution in [3.05, 3.63) is 65.3 Å². The molecule has 27 heavy (non-hydrogen) atoms. The van der Waals surface area contributed by atoms with E-state index >= 15 is 0 Å². The van der Waals surface area contributed by atoms with Gasteiger partial charge in [-0.1, -0.05) is 18.5 Å². The maximum atomic E-state index is 13.7. The molecule has 4 nitrogen and oxygen atoms in total. The Hall–Kier alpha value is -2.79. The van der Waals surface area contributed by atoms with E-state index in [1.165, 1.54) is 12.1 Å². The van der Waals surface area contributed by atoms with E-state index in [0.29, 0.717) is 10.7 Å². The summed E-state index contributed by atoms with van der Waals surface area (Å²) in [6.07, 6.45) is 4.42. The molecule has 0 aliphatic heterocycles. The van der Waals surface area contributed by atoms with E-state index in [9.17, 15) is 4.39 Å². The minimum atomic E-state index is -0.273. The standard InChI is InChI=1S/C21H18ClFN4/c1-3-8-27-19-10-16(23)6-7-18(19)26-21(27)15-9-17(22)20(25-12-15)14-5-4-13(2)24-11-14/h4-7,9-12H,3,8H2,1-2H3. The normalized spacial score (nSPS) is 11.3. The minimum absolute atomic E-state index is 0.273. The fourth-order valence-corrected chi connectivity index (χ4v) is 3.42. The van der Waals surface area contributed by atoms with Crippen molar-refractivity contribution in [1.82, 2.24) is 19.5 Å². The smallest absolute Gasteiger partial charge is 0.142 e. The van der Waals surface area contributed by atoms with Gasteiger partial charge in [0.25, 0.3) is 0 Å². The Morgan fingerprint density at radius 2 is 1.85 bits per heavy atom. The highest BCUT2D eigenvalue weighted by molar-refractivity contribution is 6.33. The molecule has 1 aromatic carbocycles. The Morgan fingerprint density at radius 3 is 2.56 bits per heavy atom. The van der Waals surface area contributed by atoms with Crippen molar-refractivity contribution < 1.29 is 4.39 Å². The maximum Gasteiger partial charge on any atom is 0.142 e. The zero-order valence-corrected chi connectivity index (χ0v) is 15.8. The van der Waals surface area contributed by atoms with Crippen molar-refractivity contribution in [3.63, 3.8) is 0 Å². The van der Waals surface area contributed by atoms with Crippen LogP contribution in [0, 0.1) is 12.7 Å². The summed E-state index contributed by atoms with van der Waals surface area (Å²) in [7, 11) is 0. The summed E-state index contributed by atoms with van der Waals surface area (Å²) in [5.74, 6) is 0.463. The van der Waals surface area contributed by atoms with Crippen LogP contribution in [0.1, 0.15) is 19.0 Å². The molecule has 0 fully saturated rings. The molecule has 0 saturated heterocycles. The Kier molecular flexibility index (Phi) is 4.62. The second kappa shape index (κ2) is 7.08. The van der Waals surface area contributed by atoms with Crippen molar-refractivity contribution in [3.8, 4) is 22.6 Å². The molecule has 136 valence electrons. The Morgan fingerprint density at radius 1 is 1.04 bits per heavy atom. The summed E-state index contributed by atoms with van der Waals surface area (Å²) in [6, 6.07) is 10.4. The topological polar surface area (TPSA) is 43.6 Å². The molecule has 0 aliphatic rings. The predicted molar refractivity (Wildman–Crippen MR) is 106 cm³/mol. The highest BCUT2D eigenvalue weighted by Crippen LogP contribution is 2.31. The second-order valence-electron chi connectivity index (χ2n) is 6.46. The van der Waals surface area contributed by atoms with Gasteiger partial charge in [-0.25, -0.2) is 9.37 Å². The van der Waals surface area contributed by atoms with Crippen molar-refractivity contribution in [1.29, 1.82) is 0 Å². The molecule has 0 radical (unpaired) electrons. The molecular weight excluding hydrogens is 363 g/mol. The number of hydrogen-bond donors (Lipinski definition) is 0. The van der Waals surface area contributed by atoms with Gasteiger partial charge in [-0.2, -0.15) is 0 Å². The van der Waals surface area contributed by atoms with Gasteiger partial charge in [0, 0.05) is 35.8 Å². The van der Waals surface area contributed by atoms with E-state index in [4.69, 9.17) is 11.6 Å². The molecule has 3 aromatic heterocycles. The third-order valence-corrected chi connectivity index (χ3v) is 4.73. The number of nitrogens with zero attached hydrogens (tertiary/aromatic N) is 4. The Balaban J connectivity index is 1.83. The first-order valence-electron chi connectivity index (χ1n) is 8.81. The first kappa shape index (κ1) is 17.6. The number of aryl methyl sites for hydroxylation is 2. The van der Waals surface area contributed by atoms with Crippen LogP contribution >= 0.6 is 11.6 Å². The Bertz CT molecular complexity index is 1120. The van der Waals surface area contributed by atoms with Crippen LogP contribution < -0.4 is 0 Å². The average Bonchev–Trinajstić information content (AvgIpc) is 3.01. The van der Waals surface area contributed by atoms with Gasteiger partial charge in [0.15, 0.2) is 0 Å². The van der Waals surface area contributed by atoms with Gasteiger partial charge in [0.2, 0.25) is 0 Å². The van der Waals surface area contributed by atoms with Gasteiger partial charge in [0.05, 0.1) is 21.7 Å². The number of imidazole rings is 1. The molecule has 3 heterocycles. The summed E-state index contributed by atoms with van der Waals surface area (Å²) in [5.41, 5.74) is 4.80. The first-order chi connectivity index (χ1) is 13.1. The lowest BCUT2D eigenvalue weighted by Gasteiger charge is -2.10. The van der Waals surface area contributed by atoms with E-state index in [-0.39, 0.29) is 5.82 Å². The molecule has 4 rings (SSSR count). The third kappa shape index (κ3) is 3.30. The van der Waals surface area contributed by atoms with Gasteiger partial charge < -0.3 is 4.57 Å². The zero-order chi connectivity index (χ0) is 19.0. The van der Waals surface area contributed by atoms with E-state index in [1.807, 2.05) is 29.7 Å². The third-order valence-electron chi connectivity index (χ3n) is 4.44. The SMILES string of the molecule is CCCn1c(-c2cnc(-c3ccc(C)nc3)c(Cl)c2)nc2ccc(F)cc21. The van der Waals surface area contributed by atoms with Crippen LogP contribution in [-0.2, 0) is 6.54 Å². The molecule has 0 N–H and O–H groups in total. The molecule has 0 amide bonds. The van der Waals surface area contributed by atoms with E-state index in [2.05, 4.69) is 21.9 Å². The second-order valence-corrected chi connectivity index (χ2v) is 6.87. The largest absolute Gasteiger partial charge is 0.324 e. The molecular formula is C21H18ClFN4. The first-order valence-corrected chi connectivity index (χ1v) is 9.19. The van der Waals surface area contributed by atoms with E-state index < -0.39 is 0 Å². The van der Waals surface area contributed by atoms with Crippen LogP contribution in [-0.4, -0.2) is 19.5 Å². The number of aromatic nitrogens is 4. The fourth-order valence-electron chi connectivity index (χ4n) is 3.15. The van der Waals surface area contributed by atoms with Crippen LogP contribution in [0.15, 0.2) is 48.8 Å². The molecule has 4 aromatic rings.